The van der Waals surface area contributed by atoms with Crippen LogP contribution in [-0.2, 0) is 4.79 Å². The minimum Gasteiger partial charge on any atom is -0.318 e. The van der Waals surface area contributed by atoms with E-state index in [9.17, 15) is 4.79 Å². The molecule has 16 heavy (non-hydrogen) atoms. The highest BCUT2D eigenvalue weighted by Crippen LogP contribution is 2.42. The highest BCUT2D eigenvalue weighted by Gasteiger charge is 2.49. The number of thiophene rings is 1. The van der Waals surface area contributed by atoms with Gasteiger partial charge in [0, 0.05) is 6.04 Å². The van der Waals surface area contributed by atoms with Crippen molar-refractivity contribution < 1.29 is 4.79 Å². The van der Waals surface area contributed by atoms with Crippen LogP contribution in [-0.4, -0.2) is 22.9 Å². The molecule has 2 aliphatic rings. The number of nitrogens with one attached hydrogen (secondary N) is 1. The second kappa shape index (κ2) is 3.57. The Morgan fingerprint density at radius 1 is 1.50 bits per heavy atom. The van der Waals surface area contributed by atoms with Gasteiger partial charge in [0.15, 0.2) is 0 Å². The number of amides is 1. The van der Waals surface area contributed by atoms with Crippen molar-refractivity contribution in [3.63, 3.8) is 0 Å². The first-order valence-electron chi connectivity index (χ1n) is 5.79. The molecule has 0 aromatic carbocycles. The van der Waals surface area contributed by atoms with Crippen LogP contribution in [0.3, 0.4) is 0 Å². The van der Waals surface area contributed by atoms with Gasteiger partial charge in [-0.25, -0.2) is 0 Å². The topological polar surface area (TPSA) is 32.3 Å². The summed E-state index contributed by atoms with van der Waals surface area (Å²) in [6.45, 7) is 4.17. The third-order valence-electron chi connectivity index (χ3n) is 3.59. The molecule has 1 saturated carbocycles. The van der Waals surface area contributed by atoms with Crippen molar-refractivity contribution in [2.45, 2.75) is 38.5 Å². The van der Waals surface area contributed by atoms with E-state index < -0.39 is 0 Å². The molecule has 2 fully saturated rings. The van der Waals surface area contributed by atoms with Gasteiger partial charge in [0.05, 0.1) is 6.04 Å². The molecule has 4 unspecified atom stereocenters. The molecule has 1 aliphatic heterocycles. The maximum atomic E-state index is 12.1. The molecule has 3 nitrogen and oxygen atoms in total. The number of carbonyl (C=O) groups is 1. The van der Waals surface area contributed by atoms with E-state index >= 15 is 0 Å². The standard InChI is InChI=1S/C12H16N2OS/c1-7-5-10(7)14-11(9-3-4-16-6-9)13-8(2)12(14)15/h3-4,6-8,10-11,13H,5H2,1-2H3. The maximum Gasteiger partial charge on any atom is 0.241 e. The quantitative estimate of drug-likeness (QED) is 0.851. The Hall–Kier alpha value is -0.870. The van der Waals surface area contributed by atoms with Crippen LogP contribution < -0.4 is 5.32 Å². The van der Waals surface area contributed by atoms with Gasteiger partial charge >= 0.3 is 0 Å². The molecular weight excluding hydrogens is 220 g/mol. The van der Waals surface area contributed by atoms with Crippen molar-refractivity contribution in [2.24, 2.45) is 5.92 Å². The molecule has 2 heterocycles. The van der Waals surface area contributed by atoms with Crippen molar-refractivity contribution in [3.05, 3.63) is 22.4 Å². The van der Waals surface area contributed by atoms with Crippen LogP contribution in [0.4, 0.5) is 0 Å². The minimum atomic E-state index is -0.0438. The molecule has 1 saturated heterocycles. The van der Waals surface area contributed by atoms with Gasteiger partial charge in [0.25, 0.3) is 0 Å². The lowest BCUT2D eigenvalue weighted by molar-refractivity contribution is -0.130. The summed E-state index contributed by atoms with van der Waals surface area (Å²) in [5.41, 5.74) is 1.22. The molecule has 1 aromatic heterocycles. The highest BCUT2D eigenvalue weighted by atomic mass is 32.1. The maximum absolute atomic E-state index is 12.1. The molecule has 1 amide bonds. The molecule has 3 rings (SSSR count). The number of hydrogen-bond acceptors (Lipinski definition) is 3. The Morgan fingerprint density at radius 2 is 2.25 bits per heavy atom. The van der Waals surface area contributed by atoms with Crippen molar-refractivity contribution in [1.82, 2.24) is 10.2 Å². The Labute approximate surface area is 99.5 Å². The normalized spacial score (nSPS) is 38.1. The van der Waals surface area contributed by atoms with Crippen LogP contribution in [0.2, 0.25) is 0 Å². The van der Waals surface area contributed by atoms with E-state index in [2.05, 4.69) is 34.0 Å². The lowest BCUT2D eigenvalue weighted by Gasteiger charge is -2.23. The summed E-state index contributed by atoms with van der Waals surface area (Å²) in [7, 11) is 0. The van der Waals surface area contributed by atoms with Crippen LogP contribution in [0.5, 0.6) is 0 Å². The summed E-state index contributed by atoms with van der Waals surface area (Å²) in [6.07, 6.45) is 1.25. The lowest BCUT2D eigenvalue weighted by Crippen LogP contribution is -2.33. The van der Waals surface area contributed by atoms with E-state index in [1.807, 2.05) is 6.92 Å². The van der Waals surface area contributed by atoms with E-state index in [0.717, 1.165) is 6.42 Å². The summed E-state index contributed by atoms with van der Waals surface area (Å²) in [6, 6.07) is 2.51. The van der Waals surface area contributed by atoms with Gasteiger partial charge in [0.1, 0.15) is 6.17 Å². The van der Waals surface area contributed by atoms with E-state index in [0.29, 0.717) is 12.0 Å². The van der Waals surface area contributed by atoms with Crippen molar-refractivity contribution in [1.29, 1.82) is 0 Å². The fraction of sp³-hybridized carbons (Fsp3) is 0.583. The largest absolute Gasteiger partial charge is 0.318 e. The third-order valence-corrected chi connectivity index (χ3v) is 4.30. The van der Waals surface area contributed by atoms with Crippen molar-refractivity contribution >= 4 is 17.2 Å². The lowest BCUT2D eigenvalue weighted by atomic mass is 10.2. The Balaban J connectivity index is 1.89. The molecule has 1 aromatic rings. The van der Waals surface area contributed by atoms with Gasteiger partial charge in [-0.3, -0.25) is 10.1 Å². The summed E-state index contributed by atoms with van der Waals surface area (Å²) >= 11 is 1.69. The van der Waals surface area contributed by atoms with E-state index in [1.54, 1.807) is 11.3 Å². The van der Waals surface area contributed by atoms with E-state index in [-0.39, 0.29) is 18.1 Å². The average Bonchev–Trinajstić information content (AvgIpc) is 2.70. The molecule has 0 spiro atoms. The summed E-state index contributed by atoms with van der Waals surface area (Å²) in [5, 5.41) is 7.58. The van der Waals surface area contributed by atoms with Gasteiger partial charge in [0.2, 0.25) is 5.91 Å². The molecule has 1 N–H and O–H groups in total. The van der Waals surface area contributed by atoms with Crippen LogP contribution in [0.15, 0.2) is 16.8 Å². The highest BCUT2D eigenvalue weighted by molar-refractivity contribution is 7.07. The second-order valence-electron chi connectivity index (χ2n) is 4.87. The van der Waals surface area contributed by atoms with Crippen molar-refractivity contribution in [3.8, 4) is 0 Å². The Bertz CT molecular complexity index is 403. The predicted molar refractivity (Wildman–Crippen MR) is 64.1 cm³/mol. The van der Waals surface area contributed by atoms with Gasteiger partial charge in [-0.1, -0.05) is 6.92 Å². The SMILES string of the molecule is CC1NC(c2ccsc2)N(C2CC2C)C1=O. The fourth-order valence-corrected chi connectivity index (χ4v) is 3.15. The number of rotatable bonds is 2. The summed E-state index contributed by atoms with van der Waals surface area (Å²) in [4.78, 5) is 14.2. The monoisotopic (exact) mass is 236 g/mol. The van der Waals surface area contributed by atoms with Crippen molar-refractivity contribution in [2.75, 3.05) is 0 Å². The van der Waals surface area contributed by atoms with Gasteiger partial charge in [-0.15, -0.1) is 0 Å². The molecular formula is C12H16N2OS. The second-order valence-corrected chi connectivity index (χ2v) is 5.65. The van der Waals surface area contributed by atoms with E-state index in [4.69, 9.17) is 0 Å². The zero-order valence-electron chi connectivity index (χ0n) is 9.51. The van der Waals surface area contributed by atoms with Crippen LogP contribution >= 0.6 is 11.3 Å². The molecule has 0 bridgehead atoms. The van der Waals surface area contributed by atoms with Crippen LogP contribution in [0.25, 0.3) is 0 Å². The molecule has 4 heteroatoms. The molecule has 86 valence electrons. The predicted octanol–water partition coefficient (Wildman–Crippen LogP) is 1.98. The first-order valence-corrected chi connectivity index (χ1v) is 6.73. The third kappa shape index (κ3) is 1.48. The average molecular weight is 236 g/mol. The number of hydrogen-bond donors (Lipinski definition) is 1. The zero-order valence-corrected chi connectivity index (χ0v) is 10.3. The fourth-order valence-electron chi connectivity index (χ4n) is 2.47. The minimum absolute atomic E-state index is 0.0438. The summed E-state index contributed by atoms with van der Waals surface area (Å²) < 4.78 is 0. The smallest absolute Gasteiger partial charge is 0.241 e. The number of nitrogens with zero attached hydrogens (tertiary/aromatic N) is 1. The van der Waals surface area contributed by atoms with Gasteiger partial charge in [-0.05, 0) is 41.7 Å². The summed E-state index contributed by atoms with van der Waals surface area (Å²) in [5.74, 6) is 0.919. The zero-order chi connectivity index (χ0) is 11.3. The van der Waals surface area contributed by atoms with Gasteiger partial charge < -0.3 is 4.90 Å². The van der Waals surface area contributed by atoms with E-state index in [1.165, 1.54) is 5.56 Å². The first-order chi connectivity index (χ1) is 7.68. The Morgan fingerprint density at radius 3 is 2.81 bits per heavy atom. The molecule has 0 radical (unpaired) electrons. The Kier molecular flexibility index (Phi) is 2.30. The first kappa shape index (κ1) is 10.3. The van der Waals surface area contributed by atoms with Crippen LogP contribution in [0, 0.1) is 5.92 Å². The molecule has 1 aliphatic carbocycles. The molecule has 4 atom stereocenters. The van der Waals surface area contributed by atoms with Crippen LogP contribution in [0.1, 0.15) is 32.0 Å². The van der Waals surface area contributed by atoms with Gasteiger partial charge in [-0.2, -0.15) is 11.3 Å². The number of carbonyl (C=O) groups excluding carboxylic acids is 1.